The van der Waals surface area contributed by atoms with Crippen LogP contribution < -0.4 is 15.6 Å². The number of hydrogen-bond acceptors (Lipinski definition) is 7. The fraction of sp³-hybridized carbons (Fsp3) is 0. The summed E-state index contributed by atoms with van der Waals surface area (Å²) in [5.41, 5.74) is -0.821. The summed E-state index contributed by atoms with van der Waals surface area (Å²) < 4.78 is 0. The van der Waals surface area contributed by atoms with E-state index in [4.69, 9.17) is 0 Å². The summed E-state index contributed by atoms with van der Waals surface area (Å²) in [5, 5.41) is 34.1. The average molecular weight is 411 g/mol. The third-order valence-corrected chi connectivity index (χ3v) is 7.86. The van der Waals surface area contributed by atoms with Crippen molar-refractivity contribution in [2.24, 2.45) is 0 Å². The van der Waals surface area contributed by atoms with Crippen molar-refractivity contribution in [1.82, 2.24) is 0 Å². The van der Waals surface area contributed by atoms with Gasteiger partial charge in [0.2, 0.25) is 0 Å². The molecular weight excluding hydrogens is 398 g/mol. The van der Waals surface area contributed by atoms with Gasteiger partial charge in [0.05, 0.1) is 14.8 Å². The van der Waals surface area contributed by atoms with E-state index in [1.165, 1.54) is 72.8 Å². The van der Waals surface area contributed by atoms with E-state index in [0.717, 1.165) is 0 Å². The minimum Gasteiger partial charge on any atom is -0.421 e. The lowest BCUT2D eigenvalue weighted by Crippen LogP contribution is -2.67. The highest BCUT2D eigenvalue weighted by Gasteiger charge is 2.41. The second-order valence-electron chi connectivity index (χ2n) is 6.13. The summed E-state index contributed by atoms with van der Waals surface area (Å²) in [4.78, 5) is 43.5. The Labute approximate surface area is 164 Å². The van der Waals surface area contributed by atoms with Crippen LogP contribution >= 0.6 is 0 Å². The SMILES string of the molecule is O=[N+]([O-])c1cccc([Si](O)(c2cccc([N+](=O)[O-])c2)c2cccc([N+](=O)[O-])c2)c1. The monoisotopic (exact) mass is 411 g/mol. The Balaban J connectivity index is 2.32. The van der Waals surface area contributed by atoms with Gasteiger partial charge >= 0.3 is 0 Å². The maximum Gasteiger partial charge on any atom is 0.286 e. The zero-order valence-electron chi connectivity index (χ0n) is 14.7. The first-order valence-electron chi connectivity index (χ1n) is 8.20. The van der Waals surface area contributed by atoms with Crippen LogP contribution in [-0.2, 0) is 0 Å². The molecule has 0 aliphatic rings. The van der Waals surface area contributed by atoms with Gasteiger partial charge in [0.1, 0.15) is 0 Å². The standard InChI is InChI=1S/C18H13N3O7Si/c22-19(23)13-4-1-7-16(10-13)29(28,17-8-2-5-14(11-17)20(24)25)18-9-3-6-15(12-18)21(26)27/h1-12,28H. The highest BCUT2D eigenvalue weighted by Crippen LogP contribution is 2.16. The zero-order valence-corrected chi connectivity index (χ0v) is 15.7. The van der Waals surface area contributed by atoms with E-state index >= 15 is 0 Å². The molecule has 0 atom stereocenters. The Hall–Kier alpha value is -3.96. The fourth-order valence-corrected chi connectivity index (χ4v) is 6.12. The maximum atomic E-state index is 11.8. The topological polar surface area (TPSA) is 150 Å². The van der Waals surface area contributed by atoms with Crippen molar-refractivity contribution < 1.29 is 19.6 Å². The number of non-ortho nitro benzene ring substituents is 3. The summed E-state index contributed by atoms with van der Waals surface area (Å²) >= 11 is 0. The van der Waals surface area contributed by atoms with Crippen molar-refractivity contribution in [3.05, 3.63) is 103 Å². The predicted molar refractivity (Wildman–Crippen MR) is 106 cm³/mol. The molecule has 0 fully saturated rings. The van der Waals surface area contributed by atoms with E-state index in [1.807, 2.05) is 0 Å². The van der Waals surface area contributed by atoms with E-state index in [-0.39, 0.29) is 32.6 Å². The number of nitrogens with zero attached hydrogens (tertiary/aromatic N) is 3. The van der Waals surface area contributed by atoms with Crippen molar-refractivity contribution in [3.63, 3.8) is 0 Å². The molecular formula is C18H13N3O7Si. The van der Waals surface area contributed by atoms with Crippen LogP contribution in [0.4, 0.5) is 17.1 Å². The summed E-state index contributed by atoms with van der Waals surface area (Å²) in [6, 6.07) is 15.9. The minimum absolute atomic E-state index is 0.174. The number of hydrogen-bond donors (Lipinski definition) is 1. The first kappa shape index (κ1) is 19.8. The molecule has 0 aliphatic carbocycles. The molecule has 10 nitrogen and oxygen atoms in total. The fourth-order valence-electron chi connectivity index (χ4n) is 3.03. The van der Waals surface area contributed by atoms with Crippen LogP contribution in [0.5, 0.6) is 0 Å². The summed E-state index contributed by atoms with van der Waals surface area (Å²) in [6.07, 6.45) is 0. The van der Waals surface area contributed by atoms with E-state index < -0.39 is 23.1 Å². The molecule has 0 saturated carbocycles. The second kappa shape index (κ2) is 7.57. The summed E-state index contributed by atoms with van der Waals surface area (Å²) in [6.45, 7) is 0. The molecule has 11 heteroatoms. The number of nitro groups is 3. The third kappa shape index (κ3) is 3.72. The van der Waals surface area contributed by atoms with Crippen LogP contribution in [0, 0.1) is 30.3 Å². The van der Waals surface area contributed by atoms with Gasteiger partial charge in [0.15, 0.2) is 0 Å². The summed E-state index contributed by atoms with van der Waals surface area (Å²) in [7, 11) is -4.02. The van der Waals surface area contributed by atoms with E-state index in [2.05, 4.69) is 0 Å². The highest BCUT2D eigenvalue weighted by atomic mass is 28.4. The van der Waals surface area contributed by atoms with Gasteiger partial charge in [0.25, 0.3) is 25.4 Å². The molecule has 29 heavy (non-hydrogen) atoms. The molecule has 0 radical (unpaired) electrons. The third-order valence-electron chi connectivity index (χ3n) is 4.42. The molecule has 0 spiro atoms. The quantitative estimate of drug-likeness (QED) is 0.278. The van der Waals surface area contributed by atoms with Crippen molar-refractivity contribution in [1.29, 1.82) is 0 Å². The Morgan fingerprint density at radius 1 is 0.586 bits per heavy atom. The number of nitro benzene ring substituents is 3. The molecule has 3 rings (SSSR count). The maximum absolute atomic E-state index is 11.8. The molecule has 0 aliphatic heterocycles. The van der Waals surface area contributed by atoms with Crippen LogP contribution in [0.3, 0.4) is 0 Å². The lowest BCUT2D eigenvalue weighted by Gasteiger charge is -2.26. The minimum atomic E-state index is -4.02. The van der Waals surface area contributed by atoms with E-state index in [9.17, 15) is 35.1 Å². The van der Waals surface area contributed by atoms with Gasteiger partial charge in [-0.25, -0.2) is 0 Å². The molecule has 3 aromatic rings. The van der Waals surface area contributed by atoms with E-state index in [1.54, 1.807) is 0 Å². The summed E-state index contributed by atoms with van der Waals surface area (Å²) in [5.74, 6) is 0. The van der Waals surface area contributed by atoms with Crippen LogP contribution in [0.2, 0.25) is 0 Å². The molecule has 0 amide bonds. The average Bonchev–Trinajstić information content (AvgIpc) is 2.73. The van der Waals surface area contributed by atoms with Gasteiger partial charge in [0, 0.05) is 36.4 Å². The Morgan fingerprint density at radius 2 is 0.862 bits per heavy atom. The van der Waals surface area contributed by atoms with Crippen LogP contribution in [-0.4, -0.2) is 27.9 Å². The van der Waals surface area contributed by atoms with Crippen LogP contribution in [0.15, 0.2) is 72.8 Å². The molecule has 1 N–H and O–H groups in total. The molecule has 0 aromatic heterocycles. The van der Waals surface area contributed by atoms with Crippen molar-refractivity contribution >= 4 is 40.9 Å². The molecule has 0 bridgehead atoms. The normalized spacial score (nSPS) is 11.1. The largest absolute Gasteiger partial charge is 0.421 e. The molecule has 146 valence electrons. The number of benzene rings is 3. The van der Waals surface area contributed by atoms with E-state index in [0.29, 0.717) is 0 Å². The molecule has 0 heterocycles. The molecule has 0 saturated heterocycles. The van der Waals surface area contributed by atoms with Crippen LogP contribution in [0.1, 0.15) is 0 Å². The first-order valence-corrected chi connectivity index (χ1v) is 10.2. The highest BCUT2D eigenvalue weighted by molar-refractivity contribution is 7.06. The van der Waals surface area contributed by atoms with Gasteiger partial charge in [-0.15, -0.1) is 0 Å². The smallest absolute Gasteiger partial charge is 0.286 e. The second-order valence-corrected chi connectivity index (χ2v) is 9.29. The number of rotatable bonds is 6. The predicted octanol–water partition coefficient (Wildman–Crippen LogP) is 1.37. The molecule has 0 unspecified atom stereocenters. The van der Waals surface area contributed by atoms with Gasteiger partial charge in [-0.1, -0.05) is 36.4 Å². The first-order chi connectivity index (χ1) is 13.7. The lowest BCUT2D eigenvalue weighted by molar-refractivity contribution is -0.384. The lowest BCUT2D eigenvalue weighted by atomic mass is 10.3. The van der Waals surface area contributed by atoms with Gasteiger partial charge in [-0.3, -0.25) is 30.3 Å². The Morgan fingerprint density at radius 3 is 1.10 bits per heavy atom. The molecule has 3 aromatic carbocycles. The van der Waals surface area contributed by atoms with Gasteiger partial charge < -0.3 is 4.80 Å². The van der Waals surface area contributed by atoms with Crippen LogP contribution in [0.25, 0.3) is 0 Å². The van der Waals surface area contributed by atoms with Crippen molar-refractivity contribution in [2.45, 2.75) is 0 Å². The van der Waals surface area contributed by atoms with Gasteiger partial charge in [-0.05, 0) is 15.6 Å². The van der Waals surface area contributed by atoms with Crippen molar-refractivity contribution in [3.8, 4) is 0 Å². The Kier molecular flexibility index (Phi) is 5.17. The Bertz CT molecular complexity index is 996. The zero-order chi connectivity index (χ0) is 21.2. The van der Waals surface area contributed by atoms with Crippen molar-refractivity contribution in [2.75, 3.05) is 0 Å². The van der Waals surface area contributed by atoms with Gasteiger partial charge in [-0.2, -0.15) is 0 Å².